The normalized spacial score (nSPS) is 15.6. The highest BCUT2D eigenvalue weighted by molar-refractivity contribution is 6.01. The quantitative estimate of drug-likeness (QED) is 0.736. The van der Waals surface area contributed by atoms with E-state index in [1.807, 2.05) is 73.1 Å². The number of hydrogen-bond donors (Lipinski definition) is 2. The molecule has 0 bridgehead atoms. The number of aryl methyl sites for hydroxylation is 1. The zero-order valence-corrected chi connectivity index (χ0v) is 15.9. The summed E-state index contributed by atoms with van der Waals surface area (Å²) in [5.74, 6) is -0.758. The monoisotopic (exact) mass is 374 g/mol. The Morgan fingerprint density at radius 2 is 1.86 bits per heavy atom. The summed E-state index contributed by atoms with van der Waals surface area (Å²) in [5.41, 5.74) is 5.41. The highest BCUT2D eigenvalue weighted by Gasteiger charge is 2.30. The first-order chi connectivity index (χ1) is 13.5. The van der Waals surface area contributed by atoms with Gasteiger partial charge in [0.25, 0.3) is 0 Å². The first-order valence-electron chi connectivity index (χ1n) is 9.31. The molecule has 1 unspecified atom stereocenters. The minimum atomic E-state index is -0.477. The Labute approximate surface area is 163 Å². The molecule has 142 valence electrons. The SMILES string of the molecule is Cc1nn(-c2ccccc2)c(C)c1CNC(=O)C1CC(=O)Nc2ccccc21. The van der Waals surface area contributed by atoms with Gasteiger partial charge in [-0.1, -0.05) is 36.4 Å². The predicted octanol–water partition coefficient (Wildman–Crippen LogP) is 3.23. The first-order valence-corrected chi connectivity index (χ1v) is 9.31. The van der Waals surface area contributed by atoms with Gasteiger partial charge in [0.15, 0.2) is 0 Å². The van der Waals surface area contributed by atoms with Gasteiger partial charge in [-0.25, -0.2) is 4.68 Å². The fourth-order valence-electron chi connectivity index (χ4n) is 3.70. The molecule has 6 nitrogen and oxygen atoms in total. The number of hydrogen-bond acceptors (Lipinski definition) is 3. The summed E-state index contributed by atoms with van der Waals surface area (Å²) in [7, 11) is 0. The Kier molecular flexibility index (Phi) is 4.69. The molecule has 1 atom stereocenters. The van der Waals surface area contributed by atoms with E-state index in [1.165, 1.54) is 0 Å². The maximum Gasteiger partial charge on any atom is 0.228 e. The summed E-state index contributed by atoms with van der Waals surface area (Å²) in [6.45, 7) is 4.32. The molecular formula is C22H22N4O2. The number of para-hydroxylation sites is 2. The standard InChI is InChI=1S/C22H22N4O2/c1-14-19(15(2)26(25-14)16-8-4-3-5-9-16)13-23-22(28)18-12-21(27)24-20-11-7-6-10-17(18)20/h3-11,18H,12-13H2,1-2H3,(H,23,28)(H,24,27). The van der Waals surface area contributed by atoms with Crippen LogP contribution in [0.4, 0.5) is 5.69 Å². The van der Waals surface area contributed by atoms with Crippen molar-refractivity contribution in [1.29, 1.82) is 0 Å². The van der Waals surface area contributed by atoms with Gasteiger partial charge >= 0.3 is 0 Å². The van der Waals surface area contributed by atoms with Gasteiger partial charge in [-0.05, 0) is 37.6 Å². The summed E-state index contributed by atoms with van der Waals surface area (Å²) < 4.78 is 1.89. The van der Waals surface area contributed by atoms with Gasteiger partial charge in [-0.2, -0.15) is 5.10 Å². The van der Waals surface area contributed by atoms with Gasteiger partial charge in [-0.15, -0.1) is 0 Å². The molecule has 0 saturated carbocycles. The number of benzene rings is 2. The first kappa shape index (κ1) is 18.0. The fraction of sp³-hybridized carbons (Fsp3) is 0.227. The smallest absolute Gasteiger partial charge is 0.228 e. The number of fused-ring (bicyclic) bond motifs is 1. The van der Waals surface area contributed by atoms with Crippen LogP contribution < -0.4 is 10.6 Å². The van der Waals surface area contributed by atoms with Crippen LogP contribution in [-0.4, -0.2) is 21.6 Å². The van der Waals surface area contributed by atoms with Gasteiger partial charge in [0, 0.05) is 29.9 Å². The van der Waals surface area contributed by atoms with Crippen molar-refractivity contribution < 1.29 is 9.59 Å². The number of nitrogens with zero attached hydrogens (tertiary/aromatic N) is 2. The van der Waals surface area contributed by atoms with Gasteiger partial charge in [-0.3, -0.25) is 9.59 Å². The van der Waals surface area contributed by atoms with Crippen LogP contribution in [0.1, 0.15) is 34.9 Å². The van der Waals surface area contributed by atoms with Crippen molar-refractivity contribution in [3.8, 4) is 5.69 Å². The minimum absolute atomic E-state index is 0.136. The molecule has 6 heteroatoms. The Hall–Kier alpha value is -3.41. The Morgan fingerprint density at radius 1 is 1.14 bits per heavy atom. The van der Waals surface area contributed by atoms with E-state index in [4.69, 9.17) is 0 Å². The molecule has 1 aliphatic heterocycles. The van der Waals surface area contributed by atoms with E-state index in [0.29, 0.717) is 12.2 Å². The van der Waals surface area contributed by atoms with Crippen LogP contribution in [0.5, 0.6) is 0 Å². The van der Waals surface area contributed by atoms with Crippen LogP contribution in [0.2, 0.25) is 0 Å². The van der Waals surface area contributed by atoms with E-state index < -0.39 is 5.92 Å². The Balaban J connectivity index is 1.54. The molecule has 1 aliphatic rings. The Morgan fingerprint density at radius 3 is 2.64 bits per heavy atom. The van der Waals surface area contributed by atoms with E-state index in [-0.39, 0.29) is 18.2 Å². The number of rotatable bonds is 4. The molecule has 2 N–H and O–H groups in total. The summed E-state index contributed by atoms with van der Waals surface area (Å²) in [4.78, 5) is 24.8. The van der Waals surface area contributed by atoms with Crippen molar-refractivity contribution in [2.24, 2.45) is 0 Å². The van der Waals surface area contributed by atoms with Crippen LogP contribution in [0.3, 0.4) is 0 Å². The maximum absolute atomic E-state index is 12.9. The van der Waals surface area contributed by atoms with E-state index in [2.05, 4.69) is 15.7 Å². The molecule has 0 radical (unpaired) electrons. The average molecular weight is 374 g/mol. The number of carbonyl (C=O) groups excluding carboxylic acids is 2. The zero-order valence-electron chi connectivity index (χ0n) is 15.9. The van der Waals surface area contributed by atoms with Crippen LogP contribution >= 0.6 is 0 Å². The third kappa shape index (κ3) is 3.29. The molecule has 28 heavy (non-hydrogen) atoms. The lowest BCUT2D eigenvalue weighted by molar-refractivity contribution is -0.126. The van der Waals surface area contributed by atoms with E-state index in [1.54, 1.807) is 0 Å². The van der Waals surface area contributed by atoms with Crippen molar-refractivity contribution >= 4 is 17.5 Å². The maximum atomic E-state index is 12.9. The van der Waals surface area contributed by atoms with Crippen molar-refractivity contribution in [2.75, 3.05) is 5.32 Å². The lowest BCUT2D eigenvalue weighted by Gasteiger charge is -2.24. The molecule has 0 fully saturated rings. The zero-order chi connectivity index (χ0) is 19.7. The second kappa shape index (κ2) is 7.31. The minimum Gasteiger partial charge on any atom is -0.351 e. The summed E-state index contributed by atoms with van der Waals surface area (Å²) in [6.07, 6.45) is 0.157. The van der Waals surface area contributed by atoms with Crippen LogP contribution in [0.25, 0.3) is 5.69 Å². The summed E-state index contributed by atoms with van der Waals surface area (Å²) in [5, 5.41) is 10.5. The molecule has 2 heterocycles. The van der Waals surface area contributed by atoms with Crippen molar-refractivity contribution in [2.45, 2.75) is 32.7 Å². The molecule has 0 spiro atoms. The number of amides is 2. The van der Waals surface area contributed by atoms with Crippen molar-refractivity contribution in [1.82, 2.24) is 15.1 Å². The highest BCUT2D eigenvalue weighted by atomic mass is 16.2. The third-order valence-corrected chi connectivity index (χ3v) is 5.20. The molecule has 0 aliphatic carbocycles. The van der Waals surface area contributed by atoms with Crippen LogP contribution in [-0.2, 0) is 16.1 Å². The van der Waals surface area contributed by atoms with Crippen molar-refractivity contribution in [3.05, 3.63) is 77.1 Å². The molecule has 4 rings (SSSR count). The lowest BCUT2D eigenvalue weighted by Crippen LogP contribution is -2.34. The second-order valence-electron chi connectivity index (χ2n) is 7.01. The van der Waals surface area contributed by atoms with Gasteiger partial charge in [0.05, 0.1) is 17.3 Å². The van der Waals surface area contributed by atoms with Crippen molar-refractivity contribution in [3.63, 3.8) is 0 Å². The predicted molar refractivity (Wildman–Crippen MR) is 107 cm³/mol. The second-order valence-corrected chi connectivity index (χ2v) is 7.01. The summed E-state index contributed by atoms with van der Waals surface area (Å²) in [6, 6.07) is 17.4. The lowest BCUT2D eigenvalue weighted by atomic mass is 9.90. The van der Waals surface area contributed by atoms with Gasteiger partial charge < -0.3 is 10.6 Å². The van der Waals surface area contributed by atoms with Gasteiger partial charge in [0.2, 0.25) is 11.8 Å². The molecule has 1 aromatic heterocycles. The summed E-state index contributed by atoms with van der Waals surface area (Å²) >= 11 is 0. The topological polar surface area (TPSA) is 76.0 Å². The largest absolute Gasteiger partial charge is 0.351 e. The number of anilines is 1. The Bertz CT molecular complexity index is 1040. The van der Waals surface area contributed by atoms with E-state index in [0.717, 1.165) is 28.2 Å². The van der Waals surface area contributed by atoms with Crippen LogP contribution in [0, 0.1) is 13.8 Å². The van der Waals surface area contributed by atoms with Crippen LogP contribution in [0.15, 0.2) is 54.6 Å². The molecule has 0 saturated heterocycles. The highest BCUT2D eigenvalue weighted by Crippen LogP contribution is 2.32. The molecular weight excluding hydrogens is 352 g/mol. The fourth-order valence-corrected chi connectivity index (χ4v) is 3.70. The average Bonchev–Trinajstić information content (AvgIpc) is 2.99. The van der Waals surface area contributed by atoms with Gasteiger partial charge in [0.1, 0.15) is 0 Å². The number of nitrogens with one attached hydrogen (secondary N) is 2. The number of aromatic nitrogens is 2. The third-order valence-electron chi connectivity index (χ3n) is 5.20. The number of carbonyl (C=O) groups is 2. The van der Waals surface area contributed by atoms with E-state index >= 15 is 0 Å². The molecule has 2 aromatic carbocycles. The van der Waals surface area contributed by atoms with E-state index in [9.17, 15) is 9.59 Å². The molecule has 2 amide bonds. The molecule has 3 aromatic rings.